The zero-order chi connectivity index (χ0) is 17.9. The second-order valence-electron chi connectivity index (χ2n) is 6.07. The van der Waals surface area contributed by atoms with E-state index in [0.29, 0.717) is 23.8 Å². The number of anilines is 1. The van der Waals surface area contributed by atoms with Crippen LogP contribution in [-0.2, 0) is 6.54 Å². The number of fused-ring (bicyclic) bond motifs is 1. The third kappa shape index (κ3) is 3.13. The molecule has 0 fully saturated rings. The molecule has 6 heteroatoms. The van der Waals surface area contributed by atoms with Gasteiger partial charge in [0.25, 0.3) is 0 Å². The Labute approximate surface area is 150 Å². The summed E-state index contributed by atoms with van der Waals surface area (Å²) in [7, 11) is 0. The Morgan fingerprint density at radius 1 is 1.08 bits per heavy atom. The number of aryl methyl sites for hydroxylation is 1. The fraction of sp³-hybridized carbons (Fsp3) is 0.150. The Balaban J connectivity index is 1.49. The van der Waals surface area contributed by atoms with E-state index in [0.717, 1.165) is 6.54 Å². The lowest BCUT2D eigenvalue weighted by Crippen LogP contribution is -2.13. The molecule has 0 aliphatic carbocycles. The van der Waals surface area contributed by atoms with Crippen LogP contribution < -0.4 is 5.32 Å². The average Bonchev–Trinajstić information content (AvgIpc) is 2.98. The fourth-order valence-electron chi connectivity index (χ4n) is 3.10. The smallest absolute Gasteiger partial charge is 0.243 e. The van der Waals surface area contributed by atoms with E-state index in [4.69, 9.17) is 0 Å². The second kappa shape index (κ2) is 6.92. The van der Waals surface area contributed by atoms with E-state index in [2.05, 4.69) is 50.2 Å². The van der Waals surface area contributed by atoms with Gasteiger partial charge in [0.15, 0.2) is 0 Å². The van der Waals surface area contributed by atoms with E-state index >= 15 is 0 Å². The van der Waals surface area contributed by atoms with Crippen LogP contribution in [-0.4, -0.2) is 26.3 Å². The molecule has 0 radical (unpaired) electrons. The molecule has 0 aliphatic heterocycles. The minimum Gasteiger partial charge on any atom is -0.351 e. The number of nitrogens with zero attached hydrogens (tertiary/aromatic N) is 4. The average molecular weight is 347 g/mol. The Bertz CT molecular complexity index is 1060. The third-order valence-corrected chi connectivity index (χ3v) is 4.34. The predicted molar refractivity (Wildman–Crippen MR) is 100 cm³/mol. The van der Waals surface area contributed by atoms with Crippen molar-refractivity contribution in [2.75, 3.05) is 11.9 Å². The first-order chi connectivity index (χ1) is 12.7. The summed E-state index contributed by atoms with van der Waals surface area (Å²) in [6, 6.07) is 17.0. The molecule has 0 bridgehead atoms. The van der Waals surface area contributed by atoms with Crippen LogP contribution in [0.3, 0.4) is 0 Å². The summed E-state index contributed by atoms with van der Waals surface area (Å²) in [6.45, 7) is 3.51. The molecular weight excluding hydrogens is 329 g/mol. The highest BCUT2D eigenvalue weighted by atomic mass is 19.1. The summed E-state index contributed by atoms with van der Waals surface area (Å²) in [6.07, 6.45) is 1.47. The summed E-state index contributed by atoms with van der Waals surface area (Å²) in [5, 5.41) is 12.3. The molecule has 0 amide bonds. The fourth-order valence-corrected chi connectivity index (χ4v) is 3.10. The van der Waals surface area contributed by atoms with Crippen molar-refractivity contribution < 1.29 is 4.39 Å². The maximum atomic E-state index is 13.9. The van der Waals surface area contributed by atoms with Gasteiger partial charge in [-0.1, -0.05) is 30.3 Å². The first-order valence-corrected chi connectivity index (χ1v) is 8.46. The van der Waals surface area contributed by atoms with Gasteiger partial charge in [0.2, 0.25) is 5.95 Å². The van der Waals surface area contributed by atoms with Gasteiger partial charge in [-0.05, 0) is 36.6 Å². The van der Waals surface area contributed by atoms with Crippen LogP contribution >= 0.6 is 0 Å². The third-order valence-electron chi connectivity index (χ3n) is 4.34. The molecule has 2 aromatic heterocycles. The molecule has 0 saturated carbocycles. The van der Waals surface area contributed by atoms with Crippen molar-refractivity contribution >= 4 is 16.9 Å². The van der Waals surface area contributed by atoms with Gasteiger partial charge in [0.1, 0.15) is 5.82 Å². The minimum absolute atomic E-state index is 0.326. The number of benzene rings is 2. The highest BCUT2D eigenvalue weighted by Crippen LogP contribution is 2.21. The van der Waals surface area contributed by atoms with Crippen LogP contribution in [0.5, 0.6) is 0 Å². The Morgan fingerprint density at radius 2 is 1.88 bits per heavy atom. The SMILES string of the molecule is Cc1cc2ccccc2n1CCNc1nncc(-c2ccccc2F)n1. The summed E-state index contributed by atoms with van der Waals surface area (Å²) in [5.74, 6) is 0.0632. The van der Waals surface area contributed by atoms with Gasteiger partial charge in [-0.15, -0.1) is 5.10 Å². The minimum atomic E-state index is -0.326. The largest absolute Gasteiger partial charge is 0.351 e. The molecule has 1 N–H and O–H groups in total. The van der Waals surface area contributed by atoms with Crippen molar-refractivity contribution in [1.82, 2.24) is 19.7 Å². The van der Waals surface area contributed by atoms with Crippen LogP contribution in [0.1, 0.15) is 5.69 Å². The second-order valence-corrected chi connectivity index (χ2v) is 6.07. The van der Waals surface area contributed by atoms with Crippen molar-refractivity contribution in [3.63, 3.8) is 0 Å². The lowest BCUT2D eigenvalue weighted by Gasteiger charge is -2.10. The zero-order valence-corrected chi connectivity index (χ0v) is 14.4. The molecule has 130 valence electrons. The van der Waals surface area contributed by atoms with E-state index < -0.39 is 0 Å². The van der Waals surface area contributed by atoms with Crippen molar-refractivity contribution in [2.45, 2.75) is 13.5 Å². The lowest BCUT2D eigenvalue weighted by atomic mass is 10.1. The van der Waals surface area contributed by atoms with Crippen molar-refractivity contribution in [2.24, 2.45) is 0 Å². The molecule has 0 aliphatic rings. The van der Waals surface area contributed by atoms with Crippen LogP contribution in [0, 0.1) is 12.7 Å². The van der Waals surface area contributed by atoms with Crippen molar-refractivity contribution in [3.05, 3.63) is 72.3 Å². The van der Waals surface area contributed by atoms with Crippen LogP contribution in [0.25, 0.3) is 22.2 Å². The summed E-state index contributed by atoms with van der Waals surface area (Å²) in [5.41, 5.74) is 3.28. The van der Waals surface area contributed by atoms with Crippen LogP contribution in [0.15, 0.2) is 60.8 Å². The first-order valence-electron chi connectivity index (χ1n) is 8.46. The maximum absolute atomic E-state index is 13.9. The lowest BCUT2D eigenvalue weighted by molar-refractivity contribution is 0.630. The summed E-state index contributed by atoms with van der Waals surface area (Å²) in [4.78, 5) is 4.37. The van der Waals surface area contributed by atoms with Crippen molar-refractivity contribution in [1.29, 1.82) is 0 Å². The van der Waals surface area contributed by atoms with E-state index in [1.54, 1.807) is 18.2 Å². The van der Waals surface area contributed by atoms with Crippen LogP contribution in [0.4, 0.5) is 10.3 Å². The van der Waals surface area contributed by atoms with Gasteiger partial charge in [-0.25, -0.2) is 9.37 Å². The number of rotatable bonds is 5. The number of nitrogens with one attached hydrogen (secondary N) is 1. The predicted octanol–water partition coefficient (Wildman–Crippen LogP) is 4.05. The molecule has 0 spiro atoms. The standard InChI is InChI=1S/C20H18FN5/c1-14-12-15-6-2-5-9-19(15)26(14)11-10-22-20-24-18(13-23-25-20)16-7-3-4-8-17(16)21/h2-9,12-13H,10-11H2,1H3,(H,22,24,25). The normalized spacial score (nSPS) is 11.0. The number of para-hydroxylation sites is 1. The maximum Gasteiger partial charge on any atom is 0.243 e. The van der Waals surface area contributed by atoms with Crippen LogP contribution in [0.2, 0.25) is 0 Å². The number of hydrogen-bond donors (Lipinski definition) is 1. The molecule has 5 nitrogen and oxygen atoms in total. The van der Waals surface area contributed by atoms with Gasteiger partial charge >= 0.3 is 0 Å². The van der Waals surface area contributed by atoms with Gasteiger partial charge in [-0.3, -0.25) is 0 Å². The molecule has 2 heterocycles. The first kappa shape index (κ1) is 16.2. The molecule has 0 unspecified atom stereocenters. The Kier molecular flexibility index (Phi) is 4.31. The van der Waals surface area contributed by atoms with E-state index in [-0.39, 0.29) is 5.82 Å². The molecule has 2 aromatic carbocycles. The van der Waals surface area contributed by atoms with Gasteiger partial charge in [-0.2, -0.15) is 5.10 Å². The molecule has 4 rings (SSSR count). The zero-order valence-electron chi connectivity index (χ0n) is 14.4. The highest BCUT2D eigenvalue weighted by molar-refractivity contribution is 5.81. The molecule has 4 aromatic rings. The van der Waals surface area contributed by atoms with Crippen molar-refractivity contribution in [3.8, 4) is 11.3 Å². The van der Waals surface area contributed by atoms with E-state index in [9.17, 15) is 4.39 Å². The molecule has 26 heavy (non-hydrogen) atoms. The Hall–Kier alpha value is -3.28. The topological polar surface area (TPSA) is 55.6 Å². The number of aromatic nitrogens is 4. The van der Waals surface area contributed by atoms with E-state index in [1.165, 1.54) is 28.9 Å². The monoisotopic (exact) mass is 347 g/mol. The number of hydrogen-bond acceptors (Lipinski definition) is 4. The van der Waals surface area contributed by atoms with Gasteiger partial charge in [0.05, 0.1) is 11.9 Å². The quantitative estimate of drug-likeness (QED) is 0.592. The molecular formula is C20H18FN5. The van der Waals surface area contributed by atoms with Gasteiger partial charge < -0.3 is 9.88 Å². The number of halogens is 1. The summed E-state index contributed by atoms with van der Waals surface area (Å²) >= 11 is 0. The summed E-state index contributed by atoms with van der Waals surface area (Å²) < 4.78 is 16.2. The molecule has 0 saturated heterocycles. The highest BCUT2D eigenvalue weighted by Gasteiger charge is 2.08. The van der Waals surface area contributed by atoms with Gasteiger partial charge in [0, 0.05) is 29.9 Å². The van der Waals surface area contributed by atoms with E-state index in [1.807, 2.05) is 12.1 Å². The molecule has 0 atom stereocenters. The Morgan fingerprint density at radius 3 is 2.77 bits per heavy atom.